The van der Waals surface area contributed by atoms with Crippen LogP contribution in [0.5, 0.6) is 0 Å². The first-order valence-corrected chi connectivity index (χ1v) is 10.3. The number of hydrogen-bond acceptors (Lipinski definition) is 3. The molecule has 0 spiro atoms. The predicted molar refractivity (Wildman–Crippen MR) is 111 cm³/mol. The number of benzene rings is 2. The molecule has 2 aromatic carbocycles. The number of ether oxygens (including phenoxy) is 1. The van der Waals surface area contributed by atoms with Crippen molar-refractivity contribution in [2.24, 2.45) is 4.99 Å². The van der Waals surface area contributed by atoms with Gasteiger partial charge >= 0.3 is 0 Å². The lowest BCUT2D eigenvalue weighted by atomic mass is 10.1. The highest BCUT2D eigenvalue weighted by Crippen LogP contribution is 2.22. The Bertz CT molecular complexity index is 990. The first kappa shape index (κ1) is 19.8. The van der Waals surface area contributed by atoms with Crippen LogP contribution in [-0.2, 0) is 28.9 Å². The lowest BCUT2D eigenvalue weighted by molar-refractivity contribution is -0.117. The highest BCUT2D eigenvalue weighted by molar-refractivity contribution is 7.16. The summed E-state index contributed by atoms with van der Waals surface area (Å²) in [7, 11) is 0. The zero-order valence-corrected chi connectivity index (χ0v) is 17.1. The molecule has 0 aliphatic carbocycles. The third-order valence-corrected chi connectivity index (χ3v) is 5.59. The molecule has 1 aromatic heterocycles. The van der Waals surface area contributed by atoms with E-state index in [1.165, 1.54) is 16.9 Å². The van der Waals surface area contributed by atoms with Gasteiger partial charge in [0.05, 0.1) is 23.2 Å². The molecular weight excluding hydrogens is 380 g/mol. The number of carbonyl (C=O) groups is 1. The Morgan fingerprint density at radius 1 is 1.15 bits per heavy atom. The van der Waals surface area contributed by atoms with Gasteiger partial charge in [-0.1, -0.05) is 54.1 Å². The summed E-state index contributed by atoms with van der Waals surface area (Å²) < 4.78 is 8.53. The van der Waals surface area contributed by atoms with Gasteiger partial charge in [0.15, 0.2) is 4.80 Å². The molecule has 0 N–H and O–H groups in total. The summed E-state index contributed by atoms with van der Waals surface area (Å²) in [5, 5.41) is 0.676. The summed E-state index contributed by atoms with van der Waals surface area (Å²) in [5.41, 5.74) is 3.26. The molecule has 3 rings (SSSR count). The Morgan fingerprint density at radius 2 is 1.89 bits per heavy atom. The van der Waals surface area contributed by atoms with Crippen molar-refractivity contribution in [1.82, 2.24) is 4.57 Å². The maximum absolute atomic E-state index is 12.5. The Balaban J connectivity index is 1.90. The molecule has 0 radical (unpaired) electrons. The number of aryl methyl sites for hydroxylation is 1. The molecule has 0 aliphatic heterocycles. The number of halogens is 1. The second-order valence-corrected chi connectivity index (χ2v) is 7.64. The Hall–Kier alpha value is -1.95. The van der Waals surface area contributed by atoms with Gasteiger partial charge in [0.2, 0.25) is 0 Å². The summed E-state index contributed by atoms with van der Waals surface area (Å²) in [6.45, 7) is 5.96. The molecule has 0 atom stereocenters. The fourth-order valence-corrected chi connectivity index (χ4v) is 4.21. The standard InChI is InChI=1S/C21H23ClN2O2S/c1-3-15-5-7-16(8-6-15)13-20(25)23-21-24(11-12-26-4-2)18-10-9-17(22)14-19(18)27-21/h5-10,14H,3-4,11-13H2,1-2H3. The van der Waals surface area contributed by atoms with Crippen LogP contribution >= 0.6 is 22.9 Å². The molecule has 0 unspecified atom stereocenters. The number of rotatable bonds is 7. The predicted octanol–water partition coefficient (Wildman–Crippen LogP) is 4.63. The highest BCUT2D eigenvalue weighted by Gasteiger charge is 2.09. The summed E-state index contributed by atoms with van der Waals surface area (Å²) in [6.07, 6.45) is 1.28. The van der Waals surface area contributed by atoms with Crippen molar-refractivity contribution >= 4 is 39.1 Å². The average Bonchev–Trinajstić information content (AvgIpc) is 2.98. The zero-order valence-electron chi connectivity index (χ0n) is 15.6. The molecule has 0 saturated heterocycles. The van der Waals surface area contributed by atoms with Gasteiger partial charge in [0.1, 0.15) is 0 Å². The van der Waals surface area contributed by atoms with E-state index in [2.05, 4.69) is 24.0 Å². The minimum atomic E-state index is -0.151. The molecule has 6 heteroatoms. The van der Waals surface area contributed by atoms with Crippen LogP contribution in [0.15, 0.2) is 47.5 Å². The monoisotopic (exact) mass is 402 g/mol. The Morgan fingerprint density at radius 3 is 2.59 bits per heavy atom. The summed E-state index contributed by atoms with van der Waals surface area (Å²) in [6, 6.07) is 13.9. The van der Waals surface area contributed by atoms with Crippen LogP contribution < -0.4 is 4.80 Å². The number of aromatic nitrogens is 1. The number of carbonyl (C=O) groups excluding carboxylic acids is 1. The fourth-order valence-electron chi connectivity index (χ4n) is 2.86. The summed E-state index contributed by atoms with van der Waals surface area (Å²) in [4.78, 5) is 17.6. The topological polar surface area (TPSA) is 43.6 Å². The van der Waals surface area contributed by atoms with Crippen LogP contribution in [0, 0.1) is 0 Å². The maximum Gasteiger partial charge on any atom is 0.252 e. The number of hydrogen-bond donors (Lipinski definition) is 0. The van der Waals surface area contributed by atoms with Gasteiger partial charge in [-0.15, -0.1) is 0 Å². The molecule has 1 heterocycles. The Labute approximate surface area is 168 Å². The molecule has 27 heavy (non-hydrogen) atoms. The second kappa shape index (κ2) is 9.31. The molecule has 0 aliphatic rings. The highest BCUT2D eigenvalue weighted by atomic mass is 35.5. The average molecular weight is 403 g/mol. The van der Waals surface area contributed by atoms with E-state index in [4.69, 9.17) is 16.3 Å². The van der Waals surface area contributed by atoms with Gasteiger partial charge in [-0.3, -0.25) is 4.79 Å². The van der Waals surface area contributed by atoms with Crippen LogP contribution in [0.25, 0.3) is 10.2 Å². The summed E-state index contributed by atoms with van der Waals surface area (Å²) in [5.74, 6) is -0.151. The van der Waals surface area contributed by atoms with Crippen LogP contribution in [-0.4, -0.2) is 23.7 Å². The van der Waals surface area contributed by atoms with Crippen LogP contribution in [0.2, 0.25) is 5.02 Å². The second-order valence-electron chi connectivity index (χ2n) is 6.20. The fraction of sp³-hybridized carbons (Fsp3) is 0.333. The van der Waals surface area contributed by atoms with E-state index in [9.17, 15) is 4.79 Å². The van der Waals surface area contributed by atoms with Crippen molar-refractivity contribution in [3.63, 3.8) is 0 Å². The summed E-state index contributed by atoms with van der Waals surface area (Å²) >= 11 is 7.60. The van der Waals surface area contributed by atoms with E-state index >= 15 is 0 Å². The van der Waals surface area contributed by atoms with E-state index in [-0.39, 0.29) is 5.91 Å². The van der Waals surface area contributed by atoms with Crippen molar-refractivity contribution in [3.05, 3.63) is 63.4 Å². The first-order valence-electron chi connectivity index (χ1n) is 9.12. The first-order chi connectivity index (χ1) is 13.1. The van der Waals surface area contributed by atoms with Gasteiger partial charge in [0.25, 0.3) is 5.91 Å². The van der Waals surface area contributed by atoms with Gasteiger partial charge in [0, 0.05) is 18.2 Å². The third-order valence-electron chi connectivity index (χ3n) is 4.32. The number of fused-ring (bicyclic) bond motifs is 1. The molecule has 3 aromatic rings. The van der Waals surface area contributed by atoms with Crippen molar-refractivity contribution in [2.45, 2.75) is 33.2 Å². The molecule has 0 fully saturated rings. The lowest BCUT2D eigenvalue weighted by Crippen LogP contribution is -2.20. The normalized spacial score (nSPS) is 12.0. The number of amides is 1. The largest absolute Gasteiger partial charge is 0.380 e. The molecule has 1 amide bonds. The van der Waals surface area contributed by atoms with Crippen molar-refractivity contribution in [3.8, 4) is 0 Å². The SMILES string of the molecule is CCOCCn1c(=NC(=O)Cc2ccc(CC)cc2)sc2cc(Cl)ccc21. The number of thiazole rings is 1. The van der Waals surface area contributed by atoms with Gasteiger partial charge in [-0.2, -0.15) is 4.99 Å². The Kier molecular flexibility index (Phi) is 6.83. The minimum absolute atomic E-state index is 0.151. The molecule has 142 valence electrons. The van der Waals surface area contributed by atoms with Crippen molar-refractivity contribution in [2.75, 3.05) is 13.2 Å². The minimum Gasteiger partial charge on any atom is -0.380 e. The smallest absolute Gasteiger partial charge is 0.252 e. The van der Waals surface area contributed by atoms with E-state index in [1.807, 2.05) is 41.8 Å². The van der Waals surface area contributed by atoms with Crippen LogP contribution in [0.4, 0.5) is 0 Å². The van der Waals surface area contributed by atoms with E-state index in [0.29, 0.717) is 36.0 Å². The van der Waals surface area contributed by atoms with Crippen molar-refractivity contribution < 1.29 is 9.53 Å². The molecular formula is C21H23ClN2O2S. The zero-order chi connectivity index (χ0) is 19.2. The van der Waals surface area contributed by atoms with Crippen LogP contribution in [0.3, 0.4) is 0 Å². The maximum atomic E-state index is 12.5. The van der Waals surface area contributed by atoms with Crippen LogP contribution in [0.1, 0.15) is 25.0 Å². The lowest BCUT2D eigenvalue weighted by Gasteiger charge is -2.05. The van der Waals surface area contributed by atoms with E-state index in [1.54, 1.807) is 0 Å². The van der Waals surface area contributed by atoms with E-state index < -0.39 is 0 Å². The third kappa shape index (κ3) is 5.06. The molecule has 0 saturated carbocycles. The van der Waals surface area contributed by atoms with E-state index in [0.717, 1.165) is 22.2 Å². The van der Waals surface area contributed by atoms with Gasteiger partial charge < -0.3 is 9.30 Å². The molecule has 4 nitrogen and oxygen atoms in total. The quantitative estimate of drug-likeness (QED) is 0.541. The molecule has 0 bridgehead atoms. The van der Waals surface area contributed by atoms with Crippen molar-refractivity contribution in [1.29, 1.82) is 0 Å². The number of nitrogens with zero attached hydrogens (tertiary/aromatic N) is 2. The van der Waals surface area contributed by atoms with Gasteiger partial charge in [-0.25, -0.2) is 0 Å². The van der Waals surface area contributed by atoms with Gasteiger partial charge in [-0.05, 0) is 42.7 Å².